The van der Waals surface area contributed by atoms with E-state index in [1.165, 1.54) is 11.8 Å². The molecule has 1 N–H and O–H groups in total. The van der Waals surface area contributed by atoms with Crippen LogP contribution in [0.15, 0.2) is 30.3 Å². The Kier molecular flexibility index (Phi) is 6.00. The average molecular weight is 363 g/mol. The van der Waals surface area contributed by atoms with E-state index in [2.05, 4.69) is 0 Å². The third-order valence-corrected chi connectivity index (χ3v) is 5.27. The first-order valence-electron chi connectivity index (χ1n) is 8.06. The van der Waals surface area contributed by atoms with E-state index in [1.807, 2.05) is 0 Å². The summed E-state index contributed by atoms with van der Waals surface area (Å²) in [6.45, 7) is 3.20. The van der Waals surface area contributed by atoms with Gasteiger partial charge < -0.3 is 10.0 Å². The van der Waals surface area contributed by atoms with E-state index in [0.29, 0.717) is 24.9 Å². The van der Waals surface area contributed by atoms with Crippen LogP contribution in [-0.2, 0) is 14.4 Å². The summed E-state index contributed by atoms with van der Waals surface area (Å²) >= 11 is 0.790. The molecule has 1 unspecified atom stereocenters. The van der Waals surface area contributed by atoms with Crippen molar-refractivity contribution >= 4 is 34.5 Å². The normalized spacial score (nSPS) is 19.3. The summed E-state index contributed by atoms with van der Waals surface area (Å²) < 4.78 is -1.32. The zero-order chi connectivity index (χ0) is 18.6. The van der Waals surface area contributed by atoms with E-state index < -0.39 is 22.7 Å². The highest BCUT2D eigenvalue weighted by atomic mass is 32.2. The van der Waals surface area contributed by atoms with E-state index in [-0.39, 0.29) is 17.3 Å². The van der Waals surface area contributed by atoms with Crippen molar-refractivity contribution in [3.8, 4) is 0 Å². The van der Waals surface area contributed by atoms with E-state index in [0.717, 1.165) is 11.8 Å². The van der Waals surface area contributed by atoms with Crippen LogP contribution >= 0.6 is 11.8 Å². The van der Waals surface area contributed by atoms with E-state index in [1.54, 1.807) is 37.3 Å². The number of hydrogen-bond acceptors (Lipinski definition) is 5. The van der Waals surface area contributed by atoms with Gasteiger partial charge in [-0.1, -0.05) is 42.1 Å². The molecule has 1 aliphatic rings. The molecule has 0 aromatic heterocycles. The van der Waals surface area contributed by atoms with E-state index in [4.69, 9.17) is 0 Å². The third kappa shape index (κ3) is 4.48. The van der Waals surface area contributed by atoms with Gasteiger partial charge >= 0.3 is 5.97 Å². The van der Waals surface area contributed by atoms with Crippen molar-refractivity contribution in [3.63, 3.8) is 0 Å². The van der Waals surface area contributed by atoms with Gasteiger partial charge in [0.15, 0.2) is 10.9 Å². The standard InChI is InChI=1S/C18H21NO5S/c1-12(20)25-18(2,11-15(21)13-7-4-3-5-8-13)17(24)19-10-6-9-14(19)16(22)23/h3-5,7-8,14H,6,9-11H2,1-2H3,(H,22,23)/t14-,18?/m0/s1. The molecule has 0 spiro atoms. The molecule has 1 aromatic carbocycles. The Hall–Kier alpha value is -2.15. The molecule has 1 fully saturated rings. The molecule has 1 aliphatic heterocycles. The third-order valence-electron chi connectivity index (χ3n) is 4.21. The van der Waals surface area contributed by atoms with Gasteiger partial charge in [0, 0.05) is 25.5 Å². The van der Waals surface area contributed by atoms with Gasteiger partial charge in [-0.3, -0.25) is 14.4 Å². The highest BCUT2D eigenvalue weighted by molar-refractivity contribution is 8.15. The van der Waals surface area contributed by atoms with Gasteiger partial charge in [-0.05, 0) is 19.8 Å². The van der Waals surface area contributed by atoms with Crippen LogP contribution in [0.2, 0.25) is 0 Å². The number of carboxylic acids is 1. The van der Waals surface area contributed by atoms with Gasteiger partial charge in [0.2, 0.25) is 5.91 Å². The Bertz CT molecular complexity index is 690. The summed E-state index contributed by atoms with van der Waals surface area (Å²) in [4.78, 5) is 49.9. The molecule has 1 heterocycles. The Labute approximate surface area is 150 Å². The lowest BCUT2D eigenvalue weighted by Gasteiger charge is -2.32. The molecule has 0 saturated carbocycles. The van der Waals surface area contributed by atoms with Crippen LogP contribution in [0.25, 0.3) is 0 Å². The molecular formula is C18H21NO5S. The molecule has 1 aromatic rings. The van der Waals surface area contributed by atoms with Crippen molar-refractivity contribution in [1.82, 2.24) is 4.90 Å². The fourth-order valence-electron chi connectivity index (χ4n) is 3.08. The number of aliphatic carboxylic acids is 1. The summed E-state index contributed by atoms with van der Waals surface area (Å²) in [5.41, 5.74) is 0.460. The van der Waals surface area contributed by atoms with Gasteiger partial charge in [-0.15, -0.1) is 0 Å². The number of amides is 1. The molecule has 2 atom stereocenters. The minimum Gasteiger partial charge on any atom is -0.480 e. The molecule has 134 valence electrons. The quantitative estimate of drug-likeness (QED) is 0.780. The van der Waals surface area contributed by atoms with Crippen LogP contribution in [-0.4, -0.2) is 50.1 Å². The van der Waals surface area contributed by atoms with Crippen LogP contribution in [0.4, 0.5) is 0 Å². The monoisotopic (exact) mass is 363 g/mol. The molecule has 0 aliphatic carbocycles. The van der Waals surface area contributed by atoms with Gasteiger partial charge in [-0.2, -0.15) is 0 Å². The number of ketones is 1. The highest BCUT2D eigenvalue weighted by Crippen LogP contribution is 2.35. The number of thioether (sulfide) groups is 1. The van der Waals surface area contributed by atoms with Gasteiger partial charge in [0.1, 0.15) is 10.8 Å². The SMILES string of the molecule is CC(=O)SC(C)(CC(=O)c1ccccc1)C(=O)N1CCC[C@H]1C(=O)O. The summed E-state index contributed by atoms with van der Waals surface area (Å²) in [7, 11) is 0. The first-order valence-corrected chi connectivity index (χ1v) is 8.88. The van der Waals surface area contributed by atoms with Crippen molar-refractivity contribution in [2.24, 2.45) is 0 Å². The van der Waals surface area contributed by atoms with Gasteiger partial charge in [-0.25, -0.2) is 4.79 Å². The van der Waals surface area contributed by atoms with Crippen LogP contribution in [0, 0.1) is 0 Å². The topological polar surface area (TPSA) is 91.8 Å². The fourth-order valence-corrected chi connectivity index (χ4v) is 4.12. The number of Topliss-reactive ketones (excluding diaryl/α,β-unsaturated/α-hetero) is 1. The molecule has 6 nitrogen and oxygen atoms in total. The van der Waals surface area contributed by atoms with Crippen molar-refractivity contribution in [3.05, 3.63) is 35.9 Å². The molecule has 0 bridgehead atoms. The van der Waals surface area contributed by atoms with Crippen LogP contribution < -0.4 is 0 Å². The zero-order valence-electron chi connectivity index (χ0n) is 14.2. The largest absolute Gasteiger partial charge is 0.480 e. The molecule has 25 heavy (non-hydrogen) atoms. The second kappa shape index (κ2) is 7.82. The number of likely N-dealkylation sites (tertiary alicyclic amines) is 1. The Morgan fingerprint density at radius 1 is 1.24 bits per heavy atom. The number of rotatable bonds is 6. The first kappa shape index (κ1) is 19.2. The Morgan fingerprint density at radius 2 is 1.88 bits per heavy atom. The highest BCUT2D eigenvalue weighted by Gasteiger charge is 2.45. The lowest BCUT2D eigenvalue weighted by atomic mass is 9.97. The summed E-state index contributed by atoms with van der Waals surface area (Å²) in [5.74, 6) is -1.78. The second-order valence-electron chi connectivity index (χ2n) is 6.29. The molecule has 0 radical (unpaired) electrons. The Balaban J connectivity index is 2.27. The van der Waals surface area contributed by atoms with Crippen molar-refractivity contribution in [1.29, 1.82) is 0 Å². The van der Waals surface area contributed by atoms with Crippen LogP contribution in [0.1, 0.15) is 43.5 Å². The smallest absolute Gasteiger partial charge is 0.326 e. The molecule has 2 rings (SSSR count). The number of nitrogens with zero attached hydrogens (tertiary/aromatic N) is 1. The van der Waals surface area contributed by atoms with Gasteiger partial charge in [0.05, 0.1) is 0 Å². The minimum absolute atomic E-state index is 0.164. The number of carbonyl (C=O) groups excluding carboxylic acids is 3. The van der Waals surface area contributed by atoms with E-state index in [9.17, 15) is 24.3 Å². The lowest BCUT2D eigenvalue weighted by Crippen LogP contribution is -2.50. The summed E-state index contributed by atoms with van der Waals surface area (Å²) in [5, 5.41) is 9.02. The average Bonchev–Trinajstić information content (AvgIpc) is 3.03. The summed E-state index contributed by atoms with van der Waals surface area (Å²) in [6, 6.07) is 7.65. The number of carbonyl (C=O) groups is 4. The number of hydrogen-bond donors (Lipinski definition) is 1. The van der Waals surface area contributed by atoms with E-state index >= 15 is 0 Å². The Morgan fingerprint density at radius 3 is 2.44 bits per heavy atom. The molecule has 1 saturated heterocycles. The lowest BCUT2D eigenvalue weighted by molar-refractivity contribution is -0.149. The van der Waals surface area contributed by atoms with Crippen LogP contribution in [0.3, 0.4) is 0 Å². The second-order valence-corrected chi connectivity index (χ2v) is 7.97. The summed E-state index contributed by atoms with van der Waals surface area (Å²) in [6.07, 6.45) is 0.813. The van der Waals surface area contributed by atoms with Crippen molar-refractivity contribution in [2.45, 2.75) is 43.9 Å². The van der Waals surface area contributed by atoms with Gasteiger partial charge in [0.25, 0.3) is 0 Å². The first-order chi connectivity index (χ1) is 11.7. The number of carboxylic acid groups (broad SMARTS) is 1. The van der Waals surface area contributed by atoms with Crippen molar-refractivity contribution in [2.75, 3.05) is 6.54 Å². The van der Waals surface area contributed by atoms with Crippen LogP contribution in [0.5, 0.6) is 0 Å². The predicted octanol–water partition coefficient (Wildman–Crippen LogP) is 2.37. The van der Waals surface area contributed by atoms with Crippen molar-refractivity contribution < 1.29 is 24.3 Å². The minimum atomic E-state index is -1.32. The number of benzene rings is 1. The zero-order valence-corrected chi connectivity index (χ0v) is 15.0. The molecular weight excluding hydrogens is 342 g/mol. The maximum absolute atomic E-state index is 13.0. The molecule has 1 amide bonds. The predicted molar refractivity (Wildman–Crippen MR) is 94.4 cm³/mol. The fraction of sp³-hybridized carbons (Fsp3) is 0.444. The maximum Gasteiger partial charge on any atom is 0.326 e. The maximum atomic E-state index is 13.0. The molecule has 7 heteroatoms.